The van der Waals surface area contributed by atoms with Gasteiger partial charge >= 0.3 is 0 Å². The average molecular weight is 261 g/mol. The molecule has 98 valence electrons. The molecule has 0 saturated heterocycles. The molecule has 0 spiro atoms. The first kappa shape index (κ1) is 12.7. The fraction of sp³-hybridized carbons (Fsp3) is 0.182. The van der Waals surface area contributed by atoms with Gasteiger partial charge in [-0.1, -0.05) is 6.07 Å². The molecule has 0 atom stereocenters. The molecule has 0 aliphatic heterocycles. The third-order valence-corrected chi connectivity index (χ3v) is 2.50. The lowest BCUT2D eigenvalue weighted by Crippen LogP contribution is -2.14. The minimum absolute atomic E-state index is 0.133. The Bertz CT molecular complexity index is 650. The smallest absolute Gasteiger partial charge is 0.270 e. The zero-order valence-corrected chi connectivity index (χ0v) is 10.3. The van der Waals surface area contributed by atoms with Crippen molar-refractivity contribution in [2.24, 2.45) is 0 Å². The Morgan fingerprint density at radius 2 is 2.16 bits per heavy atom. The second-order valence-corrected chi connectivity index (χ2v) is 3.95. The quantitative estimate of drug-likeness (QED) is 0.643. The number of nitrogens with one attached hydrogen (secondary N) is 2. The maximum absolute atomic E-state index is 12.0. The fourth-order valence-corrected chi connectivity index (χ4v) is 1.54. The summed E-state index contributed by atoms with van der Waals surface area (Å²) in [6.07, 6.45) is 0. The van der Waals surface area contributed by atoms with E-state index in [2.05, 4.69) is 20.5 Å². The van der Waals surface area contributed by atoms with E-state index in [0.29, 0.717) is 11.4 Å². The van der Waals surface area contributed by atoms with Crippen molar-refractivity contribution in [3.05, 3.63) is 45.3 Å². The van der Waals surface area contributed by atoms with Gasteiger partial charge in [-0.2, -0.15) is 4.98 Å². The van der Waals surface area contributed by atoms with Gasteiger partial charge in [0.2, 0.25) is 5.95 Å². The highest BCUT2D eigenvalue weighted by Gasteiger charge is 2.15. The molecule has 0 aliphatic rings. The van der Waals surface area contributed by atoms with Gasteiger partial charge in [0.1, 0.15) is 5.82 Å². The second-order valence-electron chi connectivity index (χ2n) is 3.95. The largest absolute Gasteiger partial charge is 0.289 e. The van der Waals surface area contributed by atoms with Gasteiger partial charge in [-0.15, -0.1) is 5.10 Å². The first-order valence-electron chi connectivity index (χ1n) is 5.43. The number of amides is 1. The number of nitrogens with zero attached hydrogens (tertiary/aromatic N) is 3. The van der Waals surface area contributed by atoms with E-state index in [-0.39, 0.29) is 17.2 Å². The number of benzene rings is 1. The molecule has 1 aromatic carbocycles. The Hall–Kier alpha value is -2.77. The van der Waals surface area contributed by atoms with Crippen LogP contribution in [0.5, 0.6) is 0 Å². The van der Waals surface area contributed by atoms with Crippen molar-refractivity contribution in [1.29, 1.82) is 0 Å². The van der Waals surface area contributed by atoms with Crippen molar-refractivity contribution in [3.63, 3.8) is 0 Å². The van der Waals surface area contributed by atoms with Crippen LogP contribution in [0.4, 0.5) is 11.6 Å². The van der Waals surface area contributed by atoms with E-state index in [1.807, 2.05) is 0 Å². The molecule has 0 aliphatic carbocycles. The van der Waals surface area contributed by atoms with Gasteiger partial charge in [0, 0.05) is 17.7 Å². The summed E-state index contributed by atoms with van der Waals surface area (Å²) >= 11 is 0. The maximum Gasteiger partial charge on any atom is 0.270 e. The first-order chi connectivity index (χ1) is 8.97. The lowest BCUT2D eigenvalue weighted by Gasteiger charge is -2.04. The highest BCUT2D eigenvalue weighted by molar-refractivity contribution is 6.04. The van der Waals surface area contributed by atoms with Crippen molar-refractivity contribution in [2.45, 2.75) is 13.8 Å². The molecule has 0 saturated carbocycles. The monoisotopic (exact) mass is 261 g/mol. The third-order valence-electron chi connectivity index (χ3n) is 2.50. The van der Waals surface area contributed by atoms with Crippen molar-refractivity contribution in [3.8, 4) is 0 Å². The summed E-state index contributed by atoms with van der Waals surface area (Å²) in [7, 11) is 0. The molecule has 0 fully saturated rings. The summed E-state index contributed by atoms with van der Waals surface area (Å²) in [4.78, 5) is 26.1. The molecule has 0 radical (unpaired) electrons. The van der Waals surface area contributed by atoms with Crippen LogP contribution in [0.25, 0.3) is 0 Å². The van der Waals surface area contributed by atoms with Crippen LogP contribution >= 0.6 is 0 Å². The number of carbonyl (C=O) groups excluding carboxylic acids is 1. The number of aromatic nitrogens is 3. The molecular formula is C11H11N5O3. The Balaban J connectivity index is 2.27. The fourth-order valence-electron chi connectivity index (χ4n) is 1.54. The van der Waals surface area contributed by atoms with Crippen LogP contribution in [-0.4, -0.2) is 26.0 Å². The van der Waals surface area contributed by atoms with Crippen molar-refractivity contribution in [2.75, 3.05) is 5.32 Å². The zero-order valence-electron chi connectivity index (χ0n) is 10.3. The van der Waals surface area contributed by atoms with Crippen LogP contribution in [0.15, 0.2) is 18.2 Å². The van der Waals surface area contributed by atoms with Gasteiger partial charge in [0.25, 0.3) is 11.6 Å². The van der Waals surface area contributed by atoms with Crippen LogP contribution < -0.4 is 5.32 Å². The van der Waals surface area contributed by atoms with E-state index in [1.165, 1.54) is 18.2 Å². The Labute approximate surface area is 108 Å². The number of aryl methyl sites for hydroxylation is 2. The number of nitro benzene ring substituents is 1. The Kier molecular flexibility index (Phi) is 3.23. The molecule has 2 rings (SSSR count). The van der Waals surface area contributed by atoms with Gasteiger partial charge in [-0.3, -0.25) is 25.3 Å². The van der Waals surface area contributed by atoms with Crippen molar-refractivity contribution in [1.82, 2.24) is 15.2 Å². The highest BCUT2D eigenvalue weighted by Crippen LogP contribution is 2.18. The van der Waals surface area contributed by atoms with Gasteiger partial charge in [0.15, 0.2) is 0 Å². The summed E-state index contributed by atoms with van der Waals surface area (Å²) in [6.45, 7) is 3.39. The number of rotatable bonds is 3. The van der Waals surface area contributed by atoms with E-state index in [9.17, 15) is 14.9 Å². The molecule has 8 nitrogen and oxygen atoms in total. The summed E-state index contributed by atoms with van der Waals surface area (Å²) in [5.41, 5.74) is 0.717. The number of non-ortho nitro benzene ring substituents is 1. The molecule has 8 heteroatoms. The molecule has 2 N–H and O–H groups in total. The van der Waals surface area contributed by atoms with E-state index >= 15 is 0 Å². The van der Waals surface area contributed by atoms with Crippen LogP contribution in [0.1, 0.15) is 21.7 Å². The highest BCUT2D eigenvalue weighted by atomic mass is 16.6. The standard InChI is InChI=1S/C11H11N5O3/c1-6-3-4-8(16(18)19)5-9(6)10(17)13-11-12-7(2)14-15-11/h3-5H,1-2H3,(H2,12,13,14,15,17). The first-order valence-corrected chi connectivity index (χ1v) is 5.43. The van der Waals surface area contributed by atoms with Gasteiger partial charge < -0.3 is 0 Å². The summed E-state index contributed by atoms with van der Waals surface area (Å²) in [6, 6.07) is 4.10. The predicted molar refractivity (Wildman–Crippen MR) is 66.9 cm³/mol. The van der Waals surface area contributed by atoms with Crippen LogP contribution in [0, 0.1) is 24.0 Å². The molecule has 0 bridgehead atoms. The van der Waals surface area contributed by atoms with Crippen LogP contribution in [0.2, 0.25) is 0 Å². The minimum atomic E-state index is -0.548. The normalized spacial score (nSPS) is 10.2. The Morgan fingerprint density at radius 3 is 2.74 bits per heavy atom. The van der Waals surface area contributed by atoms with E-state index in [0.717, 1.165) is 0 Å². The van der Waals surface area contributed by atoms with Gasteiger partial charge in [-0.25, -0.2) is 0 Å². The molecule has 19 heavy (non-hydrogen) atoms. The van der Waals surface area contributed by atoms with Crippen LogP contribution in [0.3, 0.4) is 0 Å². The minimum Gasteiger partial charge on any atom is -0.289 e. The van der Waals surface area contributed by atoms with E-state index in [1.54, 1.807) is 13.8 Å². The molecular weight excluding hydrogens is 250 g/mol. The van der Waals surface area contributed by atoms with Gasteiger partial charge in [-0.05, 0) is 19.4 Å². The van der Waals surface area contributed by atoms with E-state index in [4.69, 9.17) is 0 Å². The van der Waals surface area contributed by atoms with Gasteiger partial charge in [0.05, 0.1) is 4.92 Å². The zero-order chi connectivity index (χ0) is 14.0. The molecule has 2 aromatic rings. The molecule has 1 aromatic heterocycles. The Morgan fingerprint density at radius 1 is 1.42 bits per heavy atom. The third kappa shape index (κ3) is 2.73. The lowest BCUT2D eigenvalue weighted by atomic mass is 10.1. The summed E-state index contributed by atoms with van der Waals surface area (Å²) in [5.74, 6) is 0.208. The predicted octanol–water partition coefficient (Wildman–Crippen LogP) is 1.58. The SMILES string of the molecule is Cc1nc(NC(=O)c2cc([N+](=O)[O-])ccc2C)n[nH]1. The summed E-state index contributed by atoms with van der Waals surface area (Å²) < 4.78 is 0. The number of aromatic amines is 1. The van der Waals surface area contributed by atoms with Crippen molar-refractivity contribution >= 4 is 17.5 Å². The number of H-pyrrole nitrogens is 1. The topological polar surface area (TPSA) is 114 Å². The van der Waals surface area contributed by atoms with Crippen molar-refractivity contribution < 1.29 is 9.72 Å². The molecule has 1 amide bonds. The lowest BCUT2D eigenvalue weighted by molar-refractivity contribution is -0.384. The van der Waals surface area contributed by atoms with Crippen LogP contribution in [-0.2, 0) is 0 Å². The average Bonchev–Trinajstić information content (AvgIpc) is 2.74. The number of nitro groups is 1. The number of hydrogen-bond donors (Lipinski definition) is 2. The molecule has 1 heterocycles. The number of hydrogen-bond acceptors (Lipinski definition) is 5. The summed E-state index contributed by atoms with van der Waals surface area (Å²) in [5, 5.41) is 19.5. The number of anilines is 1. The maximum atomic E-state index is 12.0. The van der Waals surface area contributed by atoms with E-state index < -0.39 is 10.8 Å². The molecule has 0 unspecified atom stereocenters. The second kappa shape index (κ2) is 4.84. The number of carbonyl (C=O) groups is 1.